The molecule has 1 aliphatic rings. The first-order valence-corrected chi connectivity index (χ1v) is 4.46. The summed E-state index contributed by atoms with van der Waals surface area (Å²) in [5.41, 5.74) is 2.55. The molecule has 3 heteroatoms. The Morgan fingerprint density at radius 3 is 2.93 bits per heavy atom. The molecule has 0 aliphatic heterocycles. The van der Waals surface area contributed by atoms with Crippen molar-refractivity contribution in [3.8, 4) is 6.07 Å². The lowest BCUT2D eigenvalue weighted by Crippen LogP contribution is -2.13. The smallest absolute Gasteiger partial charge is 0.307 e. The number of benzene rings is 1. The van der Waals surface area contributed by atoms with Crippen molar-refractivity contribution in [1.29, 1.82) is 5.26 Å². The lowest BCUT2D eigenvalue weighted by Gasteiger charge is -1.99. The monoisotopic (exact) mass is 187 g/mol. The van der Waals surface area contributed by atoms with Gasteiger partial charge < -0.3 is 5.11 Å². The summed E-state index contributed by atoms with van der Waals surface area (Å²) >= 11 is 0. The van der Waals surface area contributed by atoms with Crippen molar-refractivity contribution in [3.05, 3.63) is 34.9 Å². The van der Waals surface area contributed by atoms with E-state index in [-0.39, 0.29) is 5.92 Å². The summed E-state index contributed by atoms with van der Waals surface area (Å²) in [6.45, 7) is 0. The first-order valence-electron chi connectivity index (χ1n) is 4.46. The first-order chi connectivity index (χ1) is 6.72. The van der Waals surface area contributed by atoms with Gasteiger partial charge in [0.05, 0.1) is 17.6 Å². The Balaban J connectivity index is 2.40. The molecule has 0 saturated carbocycles. The van der Waals surface area contributed by atoms with E-state index < -0.39 is 5.97 Å². The van der Waals surface area contributed by atoms with E-state index >= 15 is 0 Å². The van der Waals surface area contributed by atoms with Gasteiger partial charge in [-0.2, -0.15) is 5.26 Å². The van der Waals surface area contributed by atoms with Gasteiger partial charge in [-0.15, -0.1) is 0 Å². The number of nitrogens with zero attached hydrogens (tertiary/aromatic N) is 1. The van der Waals surface area contributed by atoms with Gasteiger partial charge in [-0.25, -0.2) is 0 Å². The minimum absolute atomic E-state index is 0.348. The van der Waals surface area contributed by atoms with Gasteiger partial charge >= 0.3 is 5.97 Å². The lowest BCUT2D eigenvalue weighted by atomic mass is 10.0. The molecule has 70 valence electrons. The highest BCUT2D eigenvalue weighted by Gasteiger charge is 2.28. The Labute approximate surface area is 81.6 Å². The zero-order valence-electron chi connectivity index (χ0n) is 7.53. The van der Waals surface area contributed by atoms with Gasteiger partial charge in [0.1, 0.15) is 0 Å². The van der Waals surface area contributed by atoms with Gasteiger partial charge in [-0.3, -0.25) is 4.79 Å². The molecule has 1 N–H and O–H groups in total. The minimum Gasteiger partial charge on any atom is -0.481 e. The Morgan fingerprint density at radius 1 is 1.50 bits per heavy atom. The fourth-order valence-electron chi connectivity index (χ4n) is 1.93. The molecule has 0 fully saturated rings. The van der Waals surface area contributed by atoms with Crippen LogP contribution in [-0.4, -0.2) is 11.1 Å². The van der Waals surface area contributed by atoms with Crippen LogP contribution in [0.1, 0.15) is 16.7 Å². The van der Waals surface area contributed by atoms with E-state index in [1.807, 2.05) is 12.1 Å². The van der Waals surface area contributed by atoms with E-state index in [2.05, 4.69) is 6.07 Å². The average Bonchev–Trinajstić information content (AvgIpc) is 2.60. The van der Waals surface area contributed by atoms with Crippen LogP contribution in [0.2, 0.25) is 0 Å². The van der Waals surface area contributed by atoms with Crippen LogP contribution in [0.25, 0.3) is 0 Å². The van der Waals surface area contributed by atoms with Gasteiger partial charge in [0.25, 0.3) is 0 Å². The summed E-state index contributed by atoms with van der Waals surface area (Å²) in [6.07, 6.45) is 1.05. The maximum Gasteiger partial charge on any atom is 0.307 e. The van der Waals surface area contributed by atoms with Crippen LogP contribution < -0.4 is 0 Å². The van der Waals surface area contributed by atoms with Crippen LogP contribution in [0.3, 0.4) is 0 Å². The number of carboxylic acid groups (broad SMARTS) is 1. The average molecular weight is 187 g/mol. The highest BCUT2D eigenvalue weighted by atomic mass is 16.4. The standard InChI is InChI=1S/C11H9NO2/c12-6-8-3-1-2-7-4-9(11(13)14)5-10(7)8/h1-3,9H,4-5H2,(H,13,14). The maximum absolute atomic E-state index is 10.8. The normalized spacial score (nSPS) is 18.6. The molecule has 2 rings (SSSR count). The zero-order valence-corrected chi connectivity index (χ0v) is 7.53. The number of rotatable bonds is 1. The number of fused-ring (bicyclic) bond motifs is 1. The predicted octanol–water partition coefficient (Wildman–Crippen LogP) is 1.36. The fraction of sp³-hybridized carbons (Fsp3) is 0.273. The van der Waals surface area contributed by atoms with Gasteiger partial charge in [0, 0.05) is 0 Å². The van der Waals surface area contributed by atoms with E-state index in [0.717, 1.165) is 11.1 Å². The van der Waals surface area contributed by atoms with Crippen LogP contribution in [-0.2, 0) is 17.6 Å². The van der Waals surface area contributed by atoms with E-state index in [0.29, 0.717) is 18.4 Å². The third-order valence-electron chi connectivity index (χ3n) is 2.66. The van der Waals surface area contributed by atoms with Crippen LogP contribution >= 0.6 is 0 Å². The molecular formula is C11H9NO2. The number of hydrogen-bond acceptors (Lipinski definition) is 2. The second kappa shape index (κ2) is 3.15. The van der Waals surface area contributed by atoms with Crippen molar-refractivity contribution in [3.63, 3.8) is 0 Å². The van der Waals surface area contributed by atoms with E-state index in [9.17, 15) is 4.79 Å². The maximum atomic E-state index is 10.8. The van der Waals surface area contributed by atoms with Crippen molar-refractivity contribution in [2.24, 2.45) is 5.92 Å². The quantitative estimate of drug-likeness (QED) is 0.722. The molecule has 1 unspecified atom stereocenters. The molecule has 1 aromatic carbocycles. The van der Waals surface area contributed by atoms with Crippen LogP contribution in [0.4, 0.5) is 0 Å². The Hall–Kier alpha value is -1.82. The Morgan fingerprint density at radius 2 is 2.29 bits per heavy atom. The van der Waals surface area contributed by atoms with Crippen molar-refractivity contribution in [2.45, 2.75) is 12.8 Å². The number of nitriles is 1. The number of aliphatic carboxylic acids is 1. The fourth-order valence-corrected chi connectivity index (χ4v) is 1.93. The van der Waals surface area contributed by atoms with Gasteiger partial charge in [0.2, 0.25) is 0 Å². The first kappa shape index (κ1) is 8.76. The summed E-state index contributed by atoms with van der Waals surface area (Å²) in [5, 5.41) is 17.7. The Kier molecular flexibility index (Phi) is 1.97. The lowest BCUT2D eigenvalue weighted by molar-refractivity contribution is -0.141. The SMILES string of the molecule is N#Cc1cccc2c1CC(C(=O)O)C2. The van der Waals surface area contributed by atoms with Gasteiger partial charge in [0.15, 0.2) is 0 Å². The predicted molar refractivity (Wildman–Crippen MR) is 49.7 cm³/mol. The second-order valence-electron chi connectivity index (χ2n) is 3.50. The summed E-state index contributed by atoms with van der Waals surface area (Å²) in [6, 6.07) is 7.54. The molecule has 1 atom stereocenters. The van der Waals surface area contributed by atoms with Crippen LogP contribution in [0.5, 0.6) is 0 Å². The second-order valence-corrected chi connectivity index (χ2v) is 3.50. The molecule has 0 heterocycles. The molecular weight excluding hydrogens is 178 g/mol. The largest absolute Gasteiger partial charge is 0.481 e. The molecule has 3 nitrogen and oxygen atoms in total. The number of carbonyl (C=O) groups is 1. The molecule has 1 aromatic rings. The van der Waals surface area contributed by atoms with Crippen LogP contribution in [0, 0.1) is 17.2 Å². The van der Waals surface area contributed by atoms with Gasteiger partial charge in [-0.1, -0.05) is 12.1 Å². The topological polar surface area (TPSA) is 61.1 Å². The molecule has 0 amide bonds. The zero-order chi connectivity index (χ0) is 10.1. The molecule has 0 saturated heterocycles. The summed E-state index contributed by atoms with van der Waals surface area (Å²) < 4.78 is 0. The van der Waals surface area contributed by atoms with E-state index in [4.69, 9.17) is 10.4 Å². The van der Waals surface area contributed by atoms with Crippen molar-refractivity contribution >= 4 is 5.97 Å². The minimum atomic E-state index is -0.773. The molecule has 1 aliphatic carbocycles. The van der Waals surface area contributed by atoms with Crippen LogP contribution in [0.15, 0.2) is 18.2 Å². The number of hydrogen-bond donors (Lipinski definition) is 1. The molecule has 0 aromatic heterocycles. The van der Waals surface area contributed by atoms with E-state index in [1.54, 1.807) is 6.07 Å². The summed E-state index contributed by atoms with van der Waals surface area (Å²) in [5.74, 6) is -1.12. The summed E-state index contributed by atoms with van der Waals surface area (Å²) in [7, 11) is 0. The molecule has 0 spiro atoms. The van der Waals surface area contributed by atoms with Crippen molar-refractivity contribution < 1.29 is 9.90 Å². The molecule has 0 radical (unpaired) electrons. The summed E-state index contributed by atoms with van der Waals surface area (Å²) in [4.78, 5) is 10.8. The molecule has 0 bridgehead atoms. The van der Waals surface area contributed by atoms with Crippen molar-refractivity contribution in [1.82, 2.24) is 0 Å². The third-order valence-corrected chi connectivity index (χ3v) is 2.66. The van der Waals surface area contributed by atoms with Crippen molar-refractivity contribution in [2.75, 3.05) is 0 Å². The molecule has 14 heavy (non-hydrogen) atoms. The van der Waals surface area contributed by atoms with Gasteiger partial charge in [-0.05, 0) is 30.0 Å². The van der Waals surface area contributed by atoms with E-state index in [1.165, 1.54) is 0 Å². The third kappa shape index (κ3) is 1.25. The Bertz CT molecular complexity index is 431. The highest BCUT2D eigenvalue weighted by molar-refractivity contribution is 5.72. The highest BCUT2D eigenvalue weighted by Crippen LogP contribution is 2.29. The number of carboxylic acids is 1.